The van der Waals surface area contributed by atoms with E-state index in [2.05, 4.69) is 22.4 Å². The number of nitrogens with zero attached hydrogens (tertiary/aromatic N) is 3. The summed E-state index contributed by atoms with van der Waals surface area (Å²) in [6.45, 7) is 2.33. The minimum absolute atomic E-state index is 0.175. The van der Waals surface area contributed by atoms with Gasteiger partial charge in [0, 0.05) is 18.0 Å². The Kier molecular flexibility index (Phi) is 3.48. The lowest BCUT2D eigenvalue weighted by Crippen LogP contribution is -2.35. The minimum Gasteiger partial charge on any atom is -0.271 e. The molecule has 0 aromatic carbocycles. The fourth-order valence-electron chi connectivity index (χ4n) is 3.19. The van der Waals surface area contributed by atoms with Crippen molar-refractivity contribution in [3.63, 3.8) is 0 Å². The van der Waals surface area contributed by atoms with E-state index in [-0.39, 0.29) is 6.04 Å². The average molecular weight is 259 g/mol. The summed E-state index contributed by atoms with van der Waals surface area (Å²) in [7, 11) is 0. The first kappa shape index (κ1) is 12.6. The second kappa shape index (κ2) is 5.27. The summed E-state index contributed by atoms with van der Waals surface area (Å²) in [5, 5.41) is 4.38. The predicted molar refractivity (Wildman–Crippen MR) is 74.2 cm³/mol. The fourth-order valence-corrected chi connectivity index (χ4v) is 3.19. The molecule has 0 saturated heterocycles. The van der Waals surface area contributed by atoms with Gasteiger partial charge in [0.05, 0.1) is 24.0 Å². The zero-order valence-electron chi connectivity index (χ0n) is 11.3. The van der Waals surface area contributed by atoms with E-state index in [4.69, 9.17) is 5.84 Å². The van der Waals surface area contributed by atoms with E-state index in [1.54, 1.807) is 6.20 Å². The van der Waals surface area contributed by atoms with E-state index >= 15 is 0 Å². The van der Waals surface area contributed by atoms with Crippen molar-refractivity contribution in [3.05, 3.63) is 30.4 Å². The van der Waals surface area contributed by atoms with Crippen LogP contribution in [0.2, 0.25) is 0 Å². The molecule has 0 spiro atoms. The number of hydrogen-bond donors (Lipinski definition) is 2. The molecule has 1 fully saturated rings. The van der Waals surface area contributed by atoms with Gasteiger partial charge in [-0.3, -0.25) is 16.3 Å². The molecule has 2 aromatic rings. The Balaban J connectivity index is 1.89. The Bertz CT molecular complexity index is 542. The average Bonchev–Trinajstić information content (AvgIpc) is 2.86. The third-order valence-corrected chi connectivity index (χ3v) is 4.40. The molecule has 19 heavy (non-hydrogen) atoms. The minimum atomic E-state index is 0.175. The van der Waals surface area contributed by atoms with Gasteiger partial charge in [0.15, 0.2) is 0 Å². The first-order chi connectivity index (χ1) is 9.29. The van der Waals surface area contributed by atoms with Gasteiger partial charge in [0.25, 0.3) is 0 Å². The van der Waals surface area contributed by atoms with Crippen LogP contribution in [0.3, 0.4) is 0 Å². The maximum absolute atomic E-state index is 5.81. The Labute approximate surface area is 113 Å². The molecular weight excluding hydrogens is 238 g/mol. The first-order valence-electron chi connectivity index (χ1n) is 7.03. The maximum Gasteiger partial charge on any atom is 0.0893 e. The van der Waals surface area contributed by atoms with Gasteiger partial charge in [0.1, 0.15) is 0 Å². The van der Waals surface area contributed by atoms with Gasteiger partial charge in [0.2, 0.25) is 0 Å². The van der Waals surface area contributed by atoms with Crippen LogP contribution in [-0.2, 0) is 0 Å². The highest BCUT2D eigenvalue weighted by Gasteiger charge is 2.28. The molecule has 3 N–H and O–H groups in total. The molecule has 3 rings (SSSR count). The Morgan fingerprint density at radius 2 is 2.11 bits per heavy atom. The van der Waals surface area contributed by atoms with Crippen molar-refractivity contribution in [2.24, 2.45) is 17.7 Å². The number of nitrogens with two attached hydrogens (primary N) is 1. The summed E-state index contributed by atoms with van der Waals surface area (Å²) in [4.78, 5) is 4.19. The van der Waals surface area contributed by atoms with E-state index in [0.29, 0.717) is 5.92 Å². The summed E-state index contributed by atoms with van der Waals surface area (Å²) < 4.78 is 1.86. The van der Waals surface area contributed by atoms with E-state index < -0.39 is 0 Å². The molecule has 0 bridgehead atoms. The van der Waals surface area contributed by atoms with Crippen LogP contribution in [-0.4, -0.2) is 14.6 Å². The quantitative estimate of drug-likeness (QED) is 0.654. The molecule has 0 radical (unpaired) electrons. The first-order valence-corrected chi connectivity index (χ1v) is 7.03. The second-order valence-electron chi connectivity index (χ2n) is 5.67. The lowest BCUT2D eigenvalue weighted by Gasteiger charge is -2.32. The maximum atomic E-state index is 5.81. The van der Waals surface area contributed by atoms with Crippen molar-refractivity contribution in [2.45, 2.75) is 38.6 Å². The molecule has 5 nitrogen and oxygen atoms in total. The van der Waals surface area contributed by atoms with Crippen LogP contribution in [0.1, 0.15) is 44.2 Å². The standard InChI is InChI=1S/C14H21N5/c1-10-2-4-11(5-3-10)14(18-15)12-8-17-19-7-6-16-9-13(12)19/h6-11,14,18H,2-5,15H2,1H3. The zero-order chi connectivity index (χ0) is 13.2. The third-order valence-electron chi connectivity index (χ3n) is 4.40. The number of rotatable bonds is 3. The summed E-state index contributed by atoms with van der Waals surface area (Å²) in [6.07, 6.45) is 12.4. The topological polar surface area (TPSA) is 68.2 Å². The van der Waals surface area contributed by atoms with Crippen molar-refractivity contribution >= 4 is 5.52 Å². The van der Waals surface area contributed by atoms with E-state index in [1.165, 1.54) is 25.7 Å². The number of nitrogens with one attached hydrogen (secondary N) is 1. The van der Waals surface area contributed by atoms with Crippen molar-refractivity contribution in [1.29, 1.82) is 0 Å². The van der Waals surface area contributed by atoms with Crippen molar-refractivity contribution in [2.75, 3.05) is 0 Å². The molecule has 1 atom stereocenters. The van der Waals surface area contributed by atoms with E-state index in [9.17, 15) is 0 Å². The van der Waals surface area contributed by atoms with Crippen LogP contribution in [0, 0.1) is 11.8 Å². The lowest BCUT2D eigenvalue weighted by molar-refractivity contribution is 0.233. The van der Waals surface area contributed by atoms with E-state index in [1.807, 2.05) is 23.1 Å². The van der Waals surface area contributed by atoms with Gasteiger partial charge < -0.3 is 0 Å². The molecule has 2 aromatic heterocycles. The molecule has 1 saturated carbocycles. The fraction of sp³-hybridized carbons (Fsp3) is 0.571. The van der Waals surface area contributed by atoms with Crippen molar-refractivity contribution in [1.82, 2.24) is 20.0 Å². The normalized spacial score (nSPS) is 25.6. The highest BCUT2D eigenvalue weighted by Crippen LogP contribution is 2.37. The summed E-state index contributed by atoms with van der Waals surface area (Å²) in [5.74, 6) is 7.25. The third kappa shape index (κ3) is 2.35. The van der Waals surface area contributed by atoms with Gasteiger partial charge >= 0.3 is 0 Å². The van der Waals surface area contributed by atoms with Crippen LogP contribution < -0.4 is 11.3 Å². The van der Waals surface area contributed by atoms with Crippen molar-refractivity contribution < 1.29 is 0 Å². The van der Waals surface area contributed by atoms with Crippen LogP contribution in [0.15, 0.2) is 24.8 Å². The smallest absolute Gasteiger partial charge is 0.0893 e. The molecule has 1 aliphatic carbocycles. The van der Waals surface area contributed by atoms with Crippen LogP contribution in [0.5, 0.6) is 0 Å². The Hall–Kier alpha value is -1.46. The summed E-state index contributed by atoms with van der Waals surface area (Å²) in [5.41, 5.74) is 5.21. The lowest BCUT2D eigenvalue weighted by atomic mass is 9.78. The van der Waals surface area contributed by atoms with Gasteiger partial charge in [-0.2, -0.15) is 5.10 Å². The van der Waals surface area contributed by atoms with E-state index in [0.717, 1.165) is 17.0 Å². The predicted octanol–water partition coefficient (Wildman–Crippen LogP) is 2.06. The number of fused-ring (bicyclic) bond motifs is 1. The molecule has 0 aliphatic heterocycles. The molecular formula is C14H21N5. The highest BCUT2D eigenvalue weighted by atomic mass is 15.3. The second-order valence-corrected chi connectivity index (χ2v) is 5.67. The molecule has 0 amide bonds. The highest BCUT2D eigenvalue weighted by molar-refractivity contribution is 5.53. The van der Waals surface area contributed by atoms with Crippen LogP contribution in [0.25, 0.3) is 5.52 Å². The Morgan fingerprint density at radius 1 is 1.32 bits per heavy atom. The Morgan fingerprint density at radius 3 is 2.84 bits per heavy atom. The monoisotopic (exact) mass is 259 g/mol. The number of aromatic nitrogens is 3. The molecule has 5 heteroatoms. The van der Waals surface area contributed by atoms with Gasteiger partial charge in [-0.15, -0.1) is 0 Å². The van der Waals surface area contributed by atoms with Crippen LogP contribution in [0.4, 0.5) is 0 Å². The van der Waals surface area contributed by atoms with Crippen molar-refractivity contribution in [3.8, 4) is 0 Å². The molecule has 2 heterocycles. The zero-order valence-corrected chi connectivity index (χ0v) is 11.3. The largest absolute Gasteiger partial charge is 0.271 e. The molecule has 1 aliphatic rings. The summed E-state index contributed by atoms with van der Waals surface area (Å²) in [6, 6.07) is 0.175. The van der Waals surface area contributed by atoms with Gasteiger partial charge in [-0.25, -0.2) is 4.52 Å². The van der Waals surface area contributed by atoms with Crippen LogP contribution >= 0.6 is 0 Å². The molecule has 102 valence electrons. The number of hydrazine groups is 1. The van der Waals surface area contributed by atoms with Gasteiger partial charge in [-0.1, -0.05) is 19.8 Å². The number of hydrogen-bond acceptors (Lipinski definition) is 4. The summed E-state index contributed by atoms with van der Waals surface area (Å²) >= 11 is 0. The van der Waals surface area contributed by atoms with Gasteiger partial charge in [-0.05, 0) is 24.7 Å². The SMILES string of the molecule is CC1CCC(C(NN)c2cnn3ccncc23)CC1. The molecule has 1 unspecified atom stereocenters.